The molecule has 3 aliphatic rings. The first-order valence-electron chi connectivity index (χ1n) is 12.1. The van der Waals surface area contributed by atoms with Gasteiger partial charge in [0, 0.05) is 0 Å². The molecule has 0 radical (unpaired) electrons. The summed E-state index contributed by atoms with van der Waals surface area (Å²) >= 11 is 0. The van der Waals surface area contributed by atoms with Crippen molar-refractivity contribution in [1.29, 1.82) is 0 Å². The maximum absolute atomic E-state index is 10.0. The van der Waals surface area contributed by atoms with Gasteiger partial charge in [-0.05, 0) is 106 Å². The summed E-state index contributed by atoms with van der Waals surface area (Å²) in [5.41, 5.74) is 4.23. The van der Waals surface area contributed by atoms with Crippen LogP contribution in [-0.2, 0) is 0 Å². The SMILES string of the molecule is CC1=C(C=CC2=CCC[C@@]3(C)C2CCC3C(C)CCCC(C)(C)O)CC(O)CC1. The van der Waals surface area contributed by atoms with Gasteiger partial charge in [0.25, 0.3) is 0 Å². The fourth-order valence-electron chi connectivity index (χ4n) is 6.52. The van der Waals surface area contributed by atoms with Crippen molar-refractivity contribution in [2.45, 2.75) is 111 Å². The van der Waals surface area contributed by atoms with Crippen LogP contribution in [0.2, 0.25) is 0 Å². The molecule has 0 bridgehead atoms. The van der Waals surface area contributed by atoms with Gasteiger partial charge in [-0.3, -0.25) is 0 Å². The highest BCUT2D eigenvalue weighted by atomic mass is 16.3. The Balaban J connectivity index is 1.66. The molecular weight excluding hydrogens is 356 g/mol. The molecule has 3 rings (SSSR count). The Labute approximate surface area is 179 Å². The lowest BCUT2D eigenvalue weighted by Gasteiger charge is -2.43. The number of hydrogen-bond donors (Lipinski definition) is 2. The molecule has 0 saturated heterocycles. The largest absolute Gasteiger partial charge is 0.393 e. The third-order valence-corrected chi connectivity index (χ3v) is 8.34. The normalized spacial score (nSPS) is 34.4. The number of allylic oxidation sites excluding steroid dienone is 5. The smallest absolute Gasteiger partial charge is 0.0591 e. The maximum atomic E-state index is 10.0. The summed E-state index contributed by atoms with van der Waals surface area (Å²) in [6.07, 6.45) is 18.2. The van der Waals surface area contributed by atoms with Gasteiger partial charge in [-0.15, -0.1) is 0 Å². The average molecular weight is 401 g/mol. The molecule has 29 heavy (non-hydrogen) atoms. The second kappa shape index (κ2) is 9.10. The molecule has 2 nitrogen and oxygen atoms in total. The predicted molar refractivity (Wildman–Crippen MR) is 123 cm³/mol. The fraction of sp³-hybridized carbons (Fsp3) is 0.778. The van der Waals surface area contributed by atoms with E-state index in [1.807, 2.05) is 13.8 Å². The van der Waals surface area contributed by atoms with Crippen LogP contribution >= 0.6 is 0 Å². The Morgan fingerprint density at radius 2 is 2.00 bits per heavy atom. The molecule has 164 valence electrons. The van der Waals surface area contributed by atoms with Crippen molar-refractivity contribution < 1.29 is 10.2 Å². The zero-order chi connectivity index (χ0) is 21.2. The van der Waals surface area contributed by atoms with E-state index in [2.05, 4.69) is 39.0 Å². The molecule has 0 aliphatic heterocycles. The Morgan fingerprint density at radius 3 is 2.72 bits per heavy atom. The van der Waals surface area contributed by atoms with E-state index < -0.39 is 5.60 Å². The average Bonchev–Trinajstić information content (AvgIpc) is 2.99. The predicted octanol–water partition coefficient (Wildman–Crippen LogP) is 6.73. The highest BCUT2D eigenvalue weighted by molar-refractivity contribution is 5.36. The maximum Gasteiger partial charge on any atom is 0.0591 e. The molecule has 0 aromatic heterocycles. The summed E-state index contributed by atoms with van der Waals surface area (Å²) in [6.45, 7) is 11.1. The van der Waals surface area contributed by atoms with Crippen LogP contribution in [0.3, 0.4) is 0 Å². The quantitative estimate of drug-likeness (QED) is 0.497. The minimum atomic E-state index is -0.535. The summed E-state index contributed by atoms with van der Waals surface area (Å²) in [6, 6.07) is 0. The summed E-state index contributed by atoms with van der Waals surface area (Å²) in [7, 11) is 0. The topological polar surface area (TPSA) is 40.5 Å². The number of fused-ring (bicyclic) bond motifs is 1. The van der Waals surface area contributed by atoms with Gasteiger partial charge in [-0.25, -0.2) is 0 Å². The van der Waals surface area contributed by atoms with Gasteiger partial charge in [0.05, 0.1) is 11.7 Å². The lowest BCUT2D eigenvalue weighted by molar-refractivity contribution is 0.0613. The van der Waals surface area contributed by atoms with E-state index in [1.165, 1.54) is 43.3 Å². The van der Waals surface area contributed by atoms with Crippen molar-refractivity contribution in [3.63, 3.8) is 0 Å². The van der Waals surface area contributed by atoms with Gasteiger partial charge in [0.1, 0.15) is 0 Å². The van der Waals surface area contributed by atoms with E-state index in [9.17, 15) is 10.2 Å². The standard InChI is InChI=1S/C27H44O2/c1-19-10-13-23(28)18-22(19)12-11-21-9-7-17-27(5)24(14-15-25(21)27)20(2)8-6-16-26(3,4)29/h9,11-12,20,23-25,28-29H,6-8,10,13-18H2,1-5H3/t20?,23?,24?,25?,27-/m1/s1. The Morgan fingerprint density at radius 1 is 1.24 bits per heavy atom. The summed E-state index contributed by atoms with van der Waals surface area (Å²) in [4.78, 5) is 0. The highest BCUT2D eigenvalue weighted by Gasteiger charge is 2.49. The molecular formula is C27H44O2. The lowest BCUT2D eigenvalue weighted by atomic mass is 9.62. The second-order valence-corrected chi connectivity index (χ2v) is 11.2. The van der Waals surface area contributed by atoms with Crippen molar-refractivity contribution in [2.75, 3.05) is 0 Å². The van der Waals surface area contributed by atoms with Gasteiger partial charge in [0.2, 0.25) is 0 Å². The van der Waals surface area contributed by atoms with Gasteiger partial charge in [0.15, 0.2) is 0 Å². The minimum Gasteiger partial charge on any atom is -0.393 e. The molecule has 1 fully saturated rings. The first-order valence-corrected chi connectivity index (χ1v) is 12.1. The fourth-order valence-corrected chi connectivity index (χ4v) is 6.52. The van der Waals surface area contributed by atoms with E-state index in [4.69, 9.17) is 0 Å². The zero-order valence-corrected chi connectivity index (χ0v) is 19.5. The van der Waals surface area contributed by atoms with Crippen LogP contribution < -0.4 is 0 Å². The van der Waals surface area contributed by atoms with Gasteiger partial charge < -0.3 is 10.2 Å². The van der Waals surface area contributed by atoms with E-state index in [-0.39, 0.29) is 6.10 Å². The van der Waals surface area contributed by atoms with Crippen molar-refractivity contribution in [3.05, 3.63) is 34.9 Å². The van der Waals surface area contributed by atoms with E-state index in [0.29, 0.717) is 11.3 Å². The molecule has 3 aliphatic carbocycles. The Kier molecular flexibility index (Phi) is 7.16. The van der Waals surface area contributed by atoms with Crippen LogP contribution in [0.4, 0.5) is 0 Å². The van der Waals surface area contributed by atoms with Gasteiger partial charge >= 0.3 is 0 Å². The van der Waals surface area contributed by atoms with Gasteiger partial charge in [-0.2, -0.15) is 0 Å². The van der Waals surface area contributed by atoms with Crippen LogP contribution in [0, 0.1) is 23.2 Å². The summed E-state index contributed by atoms with van der Waals surface area (Å²) < 4.78 is 0. The molecule has 0 aromatic rings. The zero-order valence-electron chi connectivity index (χ0n) is 19.5. The van der Waals surface area contributed by atoms with E-state index in [1.54, 1.807) is 5.57 Å². The van der Waals surface area contributed by atoms with Crippen LogP contribution in [0.25, 0.3) is 0 Å². The van der Waals surface area contributed by atoms with Crippen molar-refractivity contribution in [3.8, 4) is 0 Å². The molecule has 4 unspecified atom stereocenters. The summed E-state index contributed by atoms with van der Waals surface area (Å²) in [5, 5.41) is 20.1. The lowest BCUT2D eigenvalue weighted by Crippen LogP contribution is -2.35. The number of rotatable bonds is 7. The molecule has 0 spiro atoms. The van der Waals surface area contributed by atoms with Crippen LogP contribution in [0.15, 0.2) is 34.9 Å². The number of hydrogen-bond acceptors (Lipinski definition) is 2. The molecule has 2 heteroatoms. The van der Waals surface area contributed by atoms with Crippen molar-refractivity contribution in [2.24, 2.45) is 23.2 Å². The van der Waals surface area contributed by atoms with E-state index in [0.717, 1.165) is 43.9 Å². The molecule has 2 N–H and O–H groups in total. The third kappa shape index (κ3) is 5.44. The monoisotopic (exact) mass is 400 g/mol. The first-order chi connectivity index (χ1) is 13.6. The van der Waals surface area contributed by atoms with Crippen LogP contribution in [-0.4, -0.2) is 21.9 Å². The molecule has 0 aromatic carbocycles. The Hall–Kier alpha value is -0.860. The van der Waals surface area contributed by atoms with Crippen LogP contribution in [0.1, 0.15) is 98.8 Å². The first kappa shape index (κ1) is 22.8. The second-order valence-electron chi connectivity index (χ2n) is 11.2. The molecule has 0 heterocycles. The van der Waals surface area contributed by atoms with E-state index >= 15 is 0 Å². The van der Waals surface area contributed by atoms with Gasteiger partial charge in [-0.1, -0.05) is 50.5 Å². The summed E-state index contributed by atoms with van der Waals surface area (Å²) in [5.74, 6) is 2.21. The van der Waals surface area contributed by atoms with Crippen molar-refractivity contribution in [1.82, 2.24) is 0 Å². The van der Waals surface area contributed by atoms with Crippen LogP contribution in [0.5, 0.6) is 0 Å². The Bertz CT molecular complexity index is 663. The number of aliphatic hydroxyl groups excluding tert-OH is 1. The van der Waals surface area contributed by atoms with Crippen molar-refractivity contribution >= 4 is 0 Å². The number of aliphatic hydroxyl groups is 2. The third-order valence-electron chi connectivity index (χ3n) is 8.34. The molecule has 1 saturated carbocycles. The molecule has 5 atom stereocenters. The molecule has 0 amide bonds. The highest BCUT2D eigenvalue weighted by Crippen LogP contribution is 2.58. The minimum absolute atomic E-state index is 0.162.